The molecule has 5 rings (SSSR count). The van der Waals surface area contributed by atoms with Gasteiger partial charge in [-0.15, -0.1) is 21.5 Å². The third-order valence-electron chi connectivity index (χ3n) is 5.06. The summed E-state index contributed by atoms with van der Waals surface area (Å²) in [5.74, 6) is 1.67. The largest absolute Gasteiger partial charge is 0.370 e. The second-order valence-electron chi connectivity index (χ2n) is 8.10. The molecule has 0 saturated carbocycles. The van der Waals surface area contributed by atoms with Gasteiger partial charge in [0.2, 0.25) is 5.95 Å². The number of nitrogens with one attached hydrogen (secondary N) is 2. The second-order valence-corrected chi connectivity index (χ2v) is 10.1. The van der Waals surface area contributed by atoms with E-state index in [4.69, 9.17) is 4.74 Å². The molecule has 2 aromatic heterocycles. The summed E-state index contributed by atoms with van der Waals surface area (Å²) in [6.07, 6.45) is 1.15. The molecule has 0 aromatic carbocycles. The van der Waals surface area contributed by atoms with Crippen molar-refractivity contribution < 1.29 is 4.74 Å². The van der Waals surface area contributed by atoms with Gasteiger partial charge in [-0.1, -0.05) is 23.9 Å². The number of hydrogen-bond donors (Lipinski definition) is 2. The van der Waals surface area contributed by atoms with Crippen LogP contribution in [0.4, 0.5) is 5.95 Å². The molecule has 144 valence electrons. The molecule has 0 aliphatic carbocycles. The van der Waals surface area contributed by atoms with E-state index in [2.05, 4.69) is 57.9 Å². The van der Waals surface area contributed by atoms with Gasteiger partial charge in [0, 0.05) is 22.6 Å². The van der Waals surface area contributed by atoms with E-state index in [9.17, 15) is 0 Å². The first-order valence-corrected chi connectivity index (χ1v) is 11.0. The van der Waals surface area contributed by atoms with E-state index < -0.39 is 0 Å². The molecule has 2 aromatic rings. The lowest BCUT2D eigenvalue weighted by Gasteiger charge is -2.34. The number of anilines is 1. The highest BCUT2D eigenvalue weighted by atomic mass is 32.2. The lowest BCUT2D eigenvalue weighted by Crippen LogP contribution is -2.40. The Kier molecular flexibility index (Phi) is 3.97. The smallest absolute Gasteiger partial charge is 0.249 e. The number of hydrazine groups is 1. The van der Waals surface area contributed by atoms with Crippen molar-refractivity contribution >= 4 is 29.0 Å². The Morgan fingerprint density at radius 1 is 1.44 bits per heavy atom. The molecule has 0 amide bonds. The summed E-state index contributed by atoms with van der Waals surface area (Å²) in [4.78, 5) is 1.32. The molecule has 0 spiro atoms. The number of ether oxygens (including phenoxy) is 1. The van der Waals surface area contributed by atoms with Crippen LogP contribution in [0.5, 0.6) is 0 Å². The van der Waals surface area contributed by atoms with Gasteiger partial charge in [0.05, 0.1) is 18.4 Å². The summed E-state index contributed by atoms with van der Waals surface area (Å²) >= 11 is 3.50. The van der Waals surface area contributed by atoms with Gasteiger partial charge >= 0.3 is 0 Å². The highest BCUT2D eigenvalue weighted by Gasteiger charge is 2.45. The van der Waals surface area contributed by atoms with E-state index in [1.54, 1.807) is 11.8 Å². The van der Waals surface area contributed by atoms with Crippen molar-refractivity contribution in [1.82, 2.24) is 25.5 Å². The SMILES string of the molecule is C=C(C)CSc1nnc2n1-c1sc3c(c1C1NC(C)NN21)CC(C)(C)OC3. The third kappa shape index (κ3) is 2.75. The van der Waals surface area contributed by atoms with Crippen LogP contribution in [0.3, 0.4) is 0 Å². The van der Waals surface area contributed by atoms with Crippen molar-refractivity contribution in [3.8, 4) is 5.00 Å². The molecule has 2 atom stereocenters. The van der Waals surface area contributed by atoms with Gasteiger partial charge in [0.1, 0.15) is 11.2 Å². The van der Waals surface area contributed by atoms with Crippen LogP contribution < -0.4 is 15.8 Å². The summed E-state index contributed by atoms with van der Waals surface area (Å²) < 4.78 is 8.28. The Balaban J connectivity index is 1.68. The van der Waals surface area contributed by atoms with Crippen molar-refractivity contribution in [2.75, 3.05) is 10.8 Å². The molecular weight excluding hydrogens is 380 g/mol. The van der Waals surface area contributed by atoms with Crippen molar-refractivity contribution in [1.29, 1.82) is 0 Å². The van der Waals surface area contributed by atoms with Gasteiger partial charge in [-0.3, -0.25) is 10.3 Å². The molecule has 1 saturated heterocycles. The Morgan fingerprint density at radius 2 is 2.26 bits per heavy atom. The normalized spacial score (nSPS) is 25.0. The number of thiophene rings is 1. The van der Waals surface area contributed by atoms with Crippen LogP contribution in [-0.4, -0.2) is 32.3 Å². The van der Waals surface area contributed by atoms with Gasteiger partial charge in [-0.05, 0) is 33.3 Å². The second kappa shape index (κ2) is 6.05. The van der Waals surface area contributed by atoms with Crippen LogP contribution in [0.15, 0.2) is 17.3 Å². The first-order valence-electron chi connectivity index (χ1n) is 9.17. The van der Waals surface area contributed by atoms with Crippen molar-refractivity contribution in [3.63, 3.8) is 0 Å². The van der Waals surface area contributed by atoms with Crippen LogP contribution in [-0.2, 0) is 17.8 Å². The molecule has 2 unspecified atom stereocenters. The summed E-state index contributed by atoms with van der Waals surface area (Å²) in [7, 11) is 0. The number of hydrogen-bond acceptors (Lipinski definition) is 8. The van der Waals surface area contributed by atoms with E-state index in [1.165, 1.54) is 21.0 Å². The highest BCUT2D eigenvalue weighted by molar-refractivity contribution is 7.99. The average Bonchev–Trinajstić information content (AvgIpc) is 3.25. The summed E-state index contributed by atoms with van der Waals surface area (Å²) in [5.41, 5.74) is 7.23. The van der Waals surface area contributed by atoms with Crippen molar-refractivity contribution in [2.45, 2.75) is 63.8 Å². The number of nitrogens with zero attached hydrogens (tertiary/aromatic N) is 4. The maximum Gasteiger partial charge on any atom is 0.249 e. The number of fused-ring (bicyclic) bond motifs is 8. The van der Waals surface area contributed by atoms with Gasteiger partial charge in [0.25, 0.3) is 0 Å². The number of thioether (sulfide) groups is 1. The Bertz CT molecular complexity index is 933. The van der Waals surface area contributed by atoms with E-state index in [0.717, 1.165) is 28.9 Å². The Morgan fingerprint density at radius 3 is 3.04 bits per heavy atom. The summed E-state index contributed by atoms with van der Waals surface area (Å²) in [5, 5.41) is 16.9. The minimum atomic E-state index is -0.144. The molecule has 3 aliphatic rings. The molecule has 27 heavy (non-hydrogen) atoms. The van der Waals surface area contributed by atoms with Gasteiger partial charge in [-0.2, -0.15) is 0 Å². The molecule has 5 heterocycles. The van der Waals surface area contributed by atoms with Crippen LogP contribution in [0, 0.1) is 0 Å². The van der Waals surface area contributed by atoms with E-state index in [-0.39, 0.29) is 17.9 Å². The monoisotopic (exact) mass is 404 g/mol. The first kappa shape index (κ1) is 17.7. The lowest BCUT2D eigenvalue weighted by atomic mass is 9.92. The van der Waals surface area contributed by atoms with E-state index >= 15 is 0 Å². The number of aromatic nitrogens is 3. The molecule has 0 bridgehead atoms. The van der Waals surface area contributed by atoms with Crippen LogP contribution in [0.1, 0.15) is 49.9 Å². The predicted molar refractivity (Wildman–Crippen MR) is 108 cm³/mol. The maximum absolute atomic E-state index is 6.08. The Labute approximate surface area is 167 Å². The molecule has 0 radical (unpaired) electrons. The molecule has 1 fully saturated rings. The summed E-state index contributed by atoms with van der Waals surface area (Å²) in [6.45, 7) is 13.2. The van der Waals surface area contributed by atoms with Crippen molar-refractivity contribution in [2.24, 2.45) is 0 Å². The standard InChI is InChI=1S/C18H24N6OS2/c1-9(2)8-26-17-21-20-16-23(17)15-13(14-19-10(3)22-24(14)16)11-6-18(4,5)25-7-12(11)27-15/h10,14,19,22H,1,6-8H2,2-5H3. The maximum atomic E-state index is 6.08. The molecule has 7 nitrogen and oxygen atoms in total. The topological polar surface area (TPSA) is 67.2 Å². The van der Waals surface area contributed by atoms with Crippen LogP contribution in [0.2, 0.25) is 0 Å². The van der Waals surface area contributed by atoms with Gasteiger partial charge in [0.15, 0.2) is 5.16 Å². The van der Waals surface area contributed by atoms with E-state index in [1.807, 2.05) is 18.3 Å². The zero-order valence-corrected chi connectivity index (χ0v) is 17.6. The highest BCUT2D eigenvalue weighted by Crippen LogP contribution is 2.49. The molecule has 3 aliphatic heterocycles. The van der Waals surface area contributed by atoms with Gasteiger partial charge < -0.3 is 4.74 Å². The average molecular weight is 405 g/mol. The molecular formula is C18H24N6OS2. The minimum absolute atomic E-state index is 0.0691. The van der Waals surface area contributed by atoms with Gasteiger partial charge in [-0.25, -0.2) is 9.99 Å². The summed E-state index contributed by atoms with van der Waals surface area (Å²) in [6, 6.07) is 0. The van der Waals surface area contributed by atoms with Crippen molar-refractivity contribution in [3.05, 3.63) is 28.2 Å². The minimum Gasteiger partial charge on any atom is -0.370 e. The quantitative estimate of drug-likeness (QED) is 0.602. The lowest BCUT2D eigenvalue weighted by molar-refractivity contribution is -0.0385. The zero-order chi connectivity index (χ0) is 18.9. The fraction of sp³-hybridized carbons (Fsp3) is 0.556. The molecule has 9 heteroatoms. The van der Waals surface area contributed by atoms with E-state index in [0.29, 0.717) is 6.61 Å². The number of rotatable bonds is 3. The first-order chi connectivity index (χ1) is 12.8. The zero-order valence-electron chi connectivity index (χ0n) is 16.0. The molecule has 2 N–H and O–H groups in total. The van der Waals surface area contributed by atoms with Crippen LogP contribution in [0.25, 0.3) is 5.00 Å². The fourth-order valence-electron chi connectivity index (χ4n) is 3.90. The van der Waals surface area contributed by atoms with Crippen LogP contribution >= 0.6 is 23.1 Å². The fourth-order valence-corrected chi connectivity index (χ4v) is 6.00. The predicted octanol–water partition coefficient (Wildman–Crippen LogP) is 3.12. The third-order valence-corrected chi connectivity index (χ3v) is 7.43. The Hall–Kier alpha value is -1.39.